The first-order valence-corrected chi connectivity index (χ1v) is 9.24. The largest absolute Gasteiger partial charge is 0.381 e. The van der Waals surface area contributed by atoms with Crippen LogP contribution in [-0.2, 0) is 21.8 Å². The topological polar surface area (TPSA) is 76.5 Å². The standard InChI is InChI=1S/C14H26N4O3S/c1-11-8-14(17(3)15-11)18-7-5-6-13(9-18)16-22(19,20)10-12(2)21-4/h8,12-13,16H,5-7,9-10H2,1-4H3/t12-,13+/m0/s1. The minimum Gasteiger partial charge on any atom is -0.381 e. The number of anilines is 1. The van der Waals surface area contributed by atoms with Gasteiger partial charge in [-0.1, -0.05) is 0 Å². The van der Waals surface area contributed by atoms with Crippen molar-refractivity contribution in [2.45, 2.75) is 38.8 Å². The van der Waals surface area contributed by atoms with Gasteiger partial charge in [-0.2, -0.15) is 5.10 Å². The highest BCUT2D eigenvalue weighted by atomic mass is 32.2. The summed E-state index contributed by atoms with van der Waals surface area (Å²) in [5, 5.41) is 4.36. The molecule has 0 saturated carbocycles. The van der Waals surface area contributed by atoms with Crippen LogP contribution in [0, 0.1) is 6.92 Å². The van der Waals surface area contributed by atoms with Crippen LogP contribution < -0.4 is 9.62 Å². The minimum absolute atomic E-state index is 0.00911. The highest BCUT2D eigenvalue weighted by molar-refractivity contribution is 7.89. The zero-order valence-corrected chi connectivity index (χ0v) is 14.6. The second-order valence-corrected chi connectivity index (χ2v) is 7.80. The molecular formula is C14H26N4O3S. The van der Waals surface area contributed by atoms with Gasteiger partial charge in [0.1, 0.15) is 5.82 Å². The van der Waals surface area contributed by atoms with E-state index in [-0.39, 0.29) is 17.9 Å². The van der Waals surface area contributed by atoms with E-state index in [0.717, 1.165) is 30.9 Å². The van der Waals surface area contributed by atoms with E-state index in [4.69, 9.17) is 4.74 Å². The lowest BCUT2D eigenvalue weighted by molar-refractivity contribution is 0.136. The monoisotopic (exact) mass is 330 g/mol. The van der Waals surface area contributed by atoms with Crippen molar-refractivity contribution in [3.63, 3.8) is 0 Å². The van der Waals surface area contributed by atoms with Gasteiger partial charge in [0, 0.05) is 39.4 Å². The first kappa shape index (κ1) is 17.2. The molecule has 8 heteroatoms. The van der Waals surface area contributed by atoms with Gasteiger partial charge in [-0.25, -0.2) is 13.1 Å². The molecule has 1 fully saturated rings. The molecule has 0 bridgehead atoms. The van der Waals surface area contributed by atoms with Crippen LogP contribution in [0.4, 0.5) is 5.82 Å². The summed E-state index contributed by atoms with van der Waals surface area (Å²) in [5.74, 6) is 1.02. The van der Waals surface area contributed by atoms with Gasteiger partial charge in [-0.15, -0.1) is 0 Å². The molecule has 1 aromatic rings. The van der Waals surface area contributed by atoms with Crippen LogP contribution in [0.15, 0.2) is 6.07 Å². The van der Waals surface area contributed by atoms with E-state index in [0.29, 0.717) is 6.54 Å². The molecular weight excluding hydrogens is 304 g/mol. The van der Waals surface area contributed by atoms with Gasteiger partial charge in [-0.3, -0.25) is 4.68 Å². The summed E-state index contributed by atoms with van der Waals surface area (Å²) in [5.41, 5.74) is 0.967. The van der Waals surface area contributed by atoms with E-state index in [1.165, 1.54) is 7.11 Å². The molecule has 22 heavy (non-hydrogen) atoms. The molecule has 0 radical (unpaired) electrons. The molecule has 7 nitrogen and oxygen atoms in total. The fourth-order valence-electron chi connectivity index (χ4n) is 2.85. The molecule has 1 N–H and O–H groups in total. The first-order chi connectivity index (χ1) is 10.3. The molecule has 0 spiro atoms. The Morgan fingerprint density at radius 1 is 1.55 bits per heavy atom. The predicted octanol–water partition coefficient (Wildman–Crippen LogP) is 0.652. The van der Waals surface area contributed by atoms with E-state index in [2.05, 4.69) is 14.7 Å². The van der Waals surface area contributed by atoms with E-state index in [1.807, 2.05) is 24.7 Å². The molecule has 1 aliphatic heterocycles. The van der Waals surface area contributed by atoms with E-state index >= 15 is 0 Å². The van der Waals surface area contributed by atoms with Gasteiger partial charge in [0.15, 0.2) is 0 Å². The Bertz CT molecular complexity index is 599. The lowest BCUT2D eigenvalue weighted by Crippen LogP contribution is -2.49. The van der Waals surface area contributed by atoms with Crippen LogP contribution in [-0.4, -0.2) is 56.3 Å². The highest BCUT2D eigenvalue weighted by Crippen LogP contribution is 2.20. The Kier molecular flexibility index (Phi) is 5.46. The molecule has 2 heterocycles. The summed E-state index contributed by atoms with van der Waals surface area (Å²) in [7, 11) is 0.107. The Balaban J connectivity index is 2.00. The Morgan fingerprint density at radius 3 is 2.86 bits per heavy atom. The van der Waals surface area contributed by atoms with Gasteiger partial charge in [0.2, 0.25) is 10.0 Å². The van der Waals surface area contributed by atoms with E-state index < -0.39 is 10.0 Å². The predicted molar refractivity (Wildman–Crippen MR) is 86.6 cm³/mol. The fraction of sp³-hybridized carbons (Fsp3) is 0.786. The average molecular weight is 330 g/mol. The maximum Gasteiger partial charge on any atom is 0.214 e. The summed E-state index contributed by atoms with van der Waals surface area (Å²) in [6.45, 7) is 5.30. The Morgan fingerprint density at radius 2 is 2.27 bits per heavy atom. The molecule has 2 atom stereocenters. The smallest absolute Gasteiger partial charge is 0.214 e. The molecule has 0 aliphatic carbocycles. The number of nitrogens with zero attached hydrogens (tertiary/aromatic N) is 3. The van der Waals surface area contributed by atoms with Crippen LogP contribution in [0.2, 0.25) is 0 Å². The van der Waals surface area contributed by atoms with Crippen molar-refractivity contribution in [1.29, 1.82) is 0 Å². The molecule has 126 valence electrons. The first-order valence-electron chi connectivity index (χ1n) is 7.59. The van der Waals surface area contributed by atoms with E-state index in [9.17, 15) is 8.42 Å². The van der Waals surface area contributed by atoms with Crippen molar-refractivity contribution < 1.29 is 13.2 Å². The van der Waals surface area contributed by atoms with Gasteiger partial charge >= 0.3 is 0 Å². The highest BCUT2D eigenvalue weighted by Gasteiger charge is 2.26. The normalized spacial score (nSPS) is 21.1. The third-order valence-electron chi connectivity index (χ3n) is 3.93. The summed E-state index contributed by atoms with van der Waals surface area (Å²) in [6.07, 6.45) is 1.50. The number of rotatable bonds is 6. The number of sulfonamides is 1. The van der Waals surface area contributed by atoms with Crippen molar-refractivity contribution in [2.75, 3.05) is 30.9 Å². The second kappa shape index (κ2) is 6.97. The quantitative estimate of drug-likeness (QED) is 0.829. The average Bonchev–Trinajstić information content (AvgIpc) is 2.76. The number of nitrogens with one attached hydrogen (secondary N) is 1. The van der Waals surface area contributed by atoms with Crippen molar-refractivity contribution >= 4 is 15.8 Å². The van der Waals surface area contributed by atoms with E-state index in [1.54, 1.807) is 6.92 Å². The van der Waals surface area contributed by atoms with Crippen molar-refractivity contribution in [3.8, 4) is 0 Å². The van der Waals surface area contributed by atoms with Crippen LogP contribution in [0.1, 0.15) is 25.5 Å². The van der Waals surface area contributed by atoms with Crippen LogP contribution in [0.5, 0.6) is 0 Å². The Hall–Kier alpha value is -1.12. The third-order valence-corrected chi connectivity index (χ3v) is 5.53. The zero-order valence-electron chi connectivity index (χ0n) is 13.7. The number of ether oxygens (including phenoxy) is 1. The number of aromatic nitrogens is 2. The van der Waals surface area contributed by atoms with Gasteiger partial charge < -0.3 is 9.64 Å². The minimum atomic E-state index is -3.33. The second-order valence-electron chi connectivity index (χ2n) is 6.00. The van der Waals surface area contributed by atoms with Crippen LogP contribution in [0.3, 0.4) is 0 Å². The maximum atomic E-state index is 12.2. The van der Waals surface area contributed by atoms with Gasteiger partial charge in [0.25, 0.3) is 0 Å². The third kappa shape index (κ3) is 4.44. The molecule has 1 aliphatic rings. The lowest BCUT2D eigenvalue weighted by Gasteiger charge is -2.34. The number of methoxy groups -OCH3 is 1. The zero-order chi connectivity index (χ0) is 16.3. The number of aryl methyl sites for hydroxylation is 2. The summed E-state index contributed by atoms with van der Waals surface area (Å²) in [6, 6.07) is 1.96. The number of hydrogen-bond donors (Lipinski definition) is 1. The molecule has 2 rings (SSSR count). The fourth-order valence-corrected chi connectivity index (χ4v) is 4.40. The molecule has 1 aromatic heterocycles. The van der Waals surface area contributed by atoms with Gasteiger partial charge in [0.05, 0.1) is 17.6 Å². The molecule has 0 unspecified atom stereocenters. The number of piperidine rings is 1. The van der Waals surface area contributed by atoms with Crippen molar-refractivity contribution in [2.24, 2.45) is 7.05 Å². The lowest BCUT2D eigenvalue weighted by atomic mass is 10.1. The van der Waals surface area contributed by atoms with Gasteiger partial charge in [-0.05, 0) is 26.7 Å². The number of hydrogen-bond acceptors (Lipinski definition) is 5. The summed E-state index contributed by atoms with van der Waals surface area (Å²) >= 11 is 0. The molecule has 0 amide bonds. The summed E-state index contributed by atoms with van der Waals surface area (Å²) in [4.78, 5) is 2.19. The van der Waals surface area contributed by atoms with Crippen molar-refractivity contribution in [3.05, 3.63) is 11.8 Å². The van der Waals surface area contributed by atoms with Crippen LogP contribution in [0.25, 0.3) is 0 Å². The SMILES string of the molecule is CO[C@@H](C)CS(=O)(=O)N[C@@H]1CCCN(c2cc(C)nn2C)C1. The molecule has 1 saturated heterocycles. The van der Waals surface area contributed by atoms with Crippen LogP contribution >= 0.6 is 0 Å². The Labute approximate surface area is 132 Å². The summed E-state index contributed by atoms with van der Waals surface area (Å²) < 4.78 is 34.0. The van der Waals surface area contributed by atoms with Crippen molar-refractivity contribution in [1.82, 2.24) is 14.5 Å². The maximum absolute atomic E-state index is 12.2. The molecule has 0 aromatic carbocycles.